The van der Waals surface area contributed by atoms with Crippen LogP contribution in [0.3, 0.4) is 0 Å². The second-order valence-electron chi connectivity index (χ2n) is 13.8. The van der Waals surface area contributed by atoms with Crippen LogP contribution in [0.2, 0.25) is 0 Å². The standard InChI is InChI=1S/C33H45N3O5/c1-31(2,3)22-32(4,5)36-19-12-16-33-26(29(39)35(18-9-10-20-37)27(33)30(36)40)25-24(41-33)15-11-17-34(28(25)38)21-23-13-7-6-8-14-23/h6-8,11-16,24-27,37H,9-10,17-22H2,1-5H3/t24-,25+,26+,27?,33+/m1/s1. The molecule has 0 aliphatic carbocycles. The van der Waals surface area contributed by atoms with Gasteiger partial charge in [0.25, 0.3) is 0 Å². The monoisotopic (exact) mass is 563 g/mol. The molecule has 5 atom stereocenters. The maximum Gasteiger partial charge on any atom is 0.249 e. The lowest BCUT2D eigenvalue weighted by Crippen LogP contribution is -2.60. The smallest absolute Gasteiger partial charge is 0.249 e. The number of nitrogens with zero attached hydrogens (tertiary/aromatic N) is 3. The zero-order valence-electron chi connectivity index (χ0n) is 25.1. The summed E-state index contributed by atoms with van der Waals surface area (Å²) in [4.78, 5) is 48.5. The van der Waals surface area contributed by atoms with E-state index in [0.29, 0.717) is 39.0 Å². The lowest BCUT2D eigenvalue weighted by atomic mass is 9.77. The summed E-state index contributed by atoms with van der Waals surface area (Å²) in [6.45, 7) is 12.3. The van der Waals surface area contributed by atoms with Gasteiger partial charge in [0.2, 0.25) is 17.7 Å². The Bertz CT molecular complexity index is 1220. The molecule has 5 rings (SSSR count). The number of carbonyl (C=O) groups excluding carboxylic acids is 3. The van der Waals surface area contributed by atoms with Crippen LogP contribution in [-0.4, -0.2) is 87.1 Å². The summed E-state index contributed by atoms with van der Waals surface area (Å²) in [7, 11) is 0. The Hall–Kier alpha value is -2.97. The van der Waals surface area contributed by atoms with Crippen LogP contribution in [0.4, 0.5) is 0 Å². The molecule has 1 unspecified atom stereocenters. The third-order valence-electron chi connectivity index (χ3n) is 8.96. The van der Waals surface area contributed by atoms with Gasteiger partial charge in [-0.3, -0.25) is 14.4 Å². The largest absolute Gasteiger partial charge is 0.396 e. The summed E-state index contributed by atoms with van der Waals surface area (Å²) in [6.07, 6.45) is 9.00. The molecule has 1 N–H and O–H groups in total. The Kier molecular flexibility index (Phi) is 7.94. The van der Waals surface area contributed by atoms with Crippen LogP contribution in [0.15, 0.2) is 54.6 Å². The molecule has 41 heavy (non-hydrogen) atoms. The van der Waals surface area contributed by atoms with Gasteiger partial charge < -0.3 is 24.5 Å². The molecule has 222 valence electrons. The molecular weight excluding hydrogens is 518 g/mol. The fraction of sp³-hybridized carbons (Fsp3) is 0.606. The molecule has 0 saturated carbocycles. The maximum absolute atomic E-state index is 14.6. The first-order valence-corrected chi connectivity index (χ1v) is 15.0. The summed E-state index contributed by atoms with van der Waals surface area (Å²) in [5, 5.41) is 9.45. The van der Waals surface area contributed by atoms with Gasteiger partial charge in [-0.15, -0.1) is 0 Å². The molecular formula is C33H45N3O5. The van der Waals surface area contributed by atoms with Crippen LogP contribution in [0.1, 0.15) is 59.4 Å². The van der Waals surface area contributed by atoms with Crippen LogP contribution in [0.5, 0.6) is 0 Å². The van der Waals surface area contributed by atoms with Crippen molar-refractivity contribution in [1.29, 1.82) is 0 Å². The lowest BCUT2D eigenvalue weighted by molar-refractivity contribution is -0.152. The van der Waals surface area contributed by atoms with Gasteiger partial charge in [-0.05, 0) is 44.1 Å². The van der Waals surface area contributed by atoms with Crippen molar-refractivity contribution in [2.24, 2.45) is 17.3 Å². The zero-order chi connectivity index (χ0) is 29.6. The van der Waals surface area contributed by atoms with Crippen molar-refractivity contribution < 1.29 is 24.2 Å². The third kappa shape index (κ3) is 5.37. The highest BCUT2D eigenvalue weighted by molar-refractivity contribution is 6.00. The fourth-order valence-electron chi connectivity index (χ4n) is 7.71. The number of rotatable bonds is 8. The fourth-order valence-corrected chi connectivity index (χ4v) is 7.71. The van der Waals surface area contributed by atoms with Crippen LogP contribution in [-0.2, 0) is 25.7 Å². The van der Waals surface area contributed by atoms with Gasteiger partial charge in [-0.1, -0.05) is 75.4 Å². The van der Waals surface area contributed by atoms with E-state index in [1.54, 1.807) is 9.80 Å². The van der Waals surface area contributed by atoms with E-state index in [1.165, 1.54) is 0 Å². The van der Waals surface area contributed by atoms with Gasteiger partial charge in [0.05, 0.1) is 17.9 Å². The summed E-state index contributed by atoms with van der Waals surface area (Å²) in [5.74, 6) is -1.99. The van der Waals surface area contributed by atoms with Crippen molar-refractivity contribution in [2.45, 2.75) is 83.7 Å². The Morgan fingerprint density at radius 1 is 0.951 bits per heavy atom. The van der Waals surface area contributed by atoms with E-state index in [9.17, 15) is 19.5 Å². The number of benzene rings is 1. The van der Waals surface area contributed by atoms with E-state index in [2.05, 4.69) is 34.6 Å². The van der Waals surface area contributed by atoms with Crippen molar-refractivity contribution in [1.82, 2.24) is 14.7 Å². The van der Waals surface area contributed by atoms with Crippen LogP contribution in [0, 0.1) is 17.3 Å². The van der Waals surface area contributed by atoms with E-state index in [4.69, 9.17) is 4.74 Å². The van der Waals surface area contributed by atoms with Crippen molar-refractivity contribution in [3.05, 3.63) is 60.2 Å². The molecule has 4 aliphatic heterocycles. The van der Waals surface area contributed by atoms with E-state index >= 15 is 0 Å². The lowest BCUT2D eigenvalue weighted by Gasteiger charge is -2.44. The predicted molar refractivity (Wildman–Crippen MR) is 156 cm³/mol. The number of aliphatic hydroxyl groups excluding tert-OH is 1. The molecule has 8 heteroatoms. The molecule has 0 radical (unpaired) electrons. The number of hydrogen-bond acceptors (Lipinski definition) is 5. The molecule has 1 spiro atoms. The molecule has 4 heterocycles. The van der Waals surface area contributed by atoms with Gasteiger partial charge in [-0.25, -0.2) is 0 Å². The number of carbonyl (C=O) groups is 3. The third-order valence-corrected chi connectivity index (χ3v) is 8.96. The van der Waals surface area contributed by atoms with Gasteiger partial charge >= 0.3 is 0 Å². The molecule has 2 fully saturated rings. The molecule has 0 bridgehead atoms. The van der Waals surface area contributed by atoms with E-state index in [-0.39, 0.29) is 29.7 Å². The topological polar surface area (TPSA) is 90.4 Å². The number of likely N-dealkylation sites (tertiary alicyclic amines) is 1. The van der Waals surface area contributed by atoms with Crippen LogP contribution in [0.25, 0.3) is 0 Å². The van der Waals surface area contributed by atoms with Crippen LogP contribution >= 0.6 is 0 Å². The summed E-state index contributed by atoms with van der Waals surface area (Å²) >= 11 is 0. The SMILES string of the molecule is CC(C)(C)CC(C)(C)N1CC=C[C@]23O[C@@H]4C=CCN(Cc5ccccc5)C(=O)[C@@H]4[C@H]2C(=O)N(CCCCO)C3C1=O. The van der Waals surface area contributed by atoms with E-state index in [1.807, 2.05) is 59.5 Å². The Morgan fingerprint density at radius 3 is 2.37 bits per heavy atom. The second kappa shape index (κ2) is 11.0. The Morgan fingerprint density at radius 2 is 1.68 bits per heavy atom. The Labute approximate surface area is 244 Å². The molecule has 2 saturated heterocycles. The average molecular weight is 564 g/mol. The molecule has 1 aromatic rings. The minimum Gasteiger partial charge on any atom is -0.396 e. The maximum atomic E-state index is 14.6. The van der Waals surface area contributed by atoms with E-state index in [0.717, 1.165) is 12.0 Å². The van der Waals surface area contributed by atoms with Crippen LogP contribution < -0.4 is 0 Å². The second-order valence-corrected chi connectivity index (χ2v) is 13.8. The molecule has 4 aliphatic rings. The summed E-state index contributed by atoms with van der Waals surface area (Å²) in [6, 6.07) is 8.97. The van der Waals surface area contributed by atoms with Crippen molar-refractivity contribution in [3.63, 3.8) is 0 Å². The number of amides is 3. The normalized spacial score (nSPS) is 29.9. The number of hydrogen-bond donors (Lipinski definition) is 1. The first-order valence-electron chi connectivity index (χ1n) is 15.0. The summed E-state index contributed by atoms with van der Waals surface area (Å²) in [5.41, 5.74) is -0.689. The van der Waals surface area contributed by atoms with Crippen molar-refractivity contribution in [2.75, 3.05) is 26.2 Å². The predicted octanol–water partition coefficient (Wildman–Crippen LogP) is 3.55. The van der Waals surface area contributed by atoms with Crippen molar-refractivity contribution in [3.8, 4) is 0 Å². The highest BCUT2D eigenvalue weighted by Gasteiger charge is 2.72. The summed E-state index contributed by atoms with van der Waals surface area (Å²) < 4.78 is 6.77. The number of aliphatic hydroxyl groups is 1. The zero-order valence-corrected chi connectivity index (χ0v) is 25.1. The number of ether oxygens (including phenoxy) is 1. The Balaban J connectivity index is 1.53. The van der Waals surface area contributed by atoms with Gasteiger partial charge in [0.15, 0.2) is 0 Å². The molecule has 1 aromatic carbocycles. The molecule has 3 amide bonds. The minimum absolute atomic E-state index is 0.0111. The number of unbranched alkanes of at least 4 members (excludes halogenated alkanes) is 1. The quantitative estimate of drug-likeness (QED) is 0.386. The van der Waals surface area contributed by atoms with Gasteiger partial charge in [0, 0.05) is 38.3 Å². The van der Waals surface area contributed by atoms with E-state index < -0.39 is 35.1 Å². The van der Waals surface area contributed by atoms with Crippen molar-refractivity contribution >= 4 is 17.7 Å². The first kappa shape index (κ1) is 29.5. The first-order chi connectivity index (χ1) is 19.4. The highest BCUT2D eigenvalue weighted by Crippen LogP contribution is 2.54. The number of fused-ring (bicyclic) bond motifs is 2. The minimum atomic E-state index is -1.23. The van der Waals surface area contributed by atoms with Gasteiger partial charge in [0.1, 0.15) is 11.6 Å². The average Bonchev–Trinajstić information content (AvgIpc) is 3.20. The molecule has 0 aromatic heterocycles. The highest BCUT2D eigenvalue weighted by atomic mass is 16.5. The van der Waals surface area contributed by atoms with Gasteiger partial charge in [-0.2, -0.15) is 0 Å². The molecule has 8 nitrogen and oxygen atoms in total.